The van der Waals surface area contributed by atoms with E-state index in [1.165, 1.54) is 18.6 Å². The van der Waals surface area contributed by atoms with Gasteiger partial charge >= 0.3 is 0 Å². The predicted octanol–water partition coefficient (Wildman–Crippen LogP) is 1.11. The van der Waals surface area contributed by atoms with Crippen molar-refractivity contribution in [2.75, 3.05) is 11.3 Å². The van der Waals surface area contributed by atoms with Gasteiger partial charge in [0.15, 0.2) is 5.03 Å². The van der Waals surface area contributed by atoms with Crippen LogP contribution in [-0.2, 0) is 23.7 Å². The Morgan fingerprint density at radius 2 is 2.19 bits per heavy atom. The number of nitrogens with zero attached hydrogens (tertiary/aromatic N) is 2. The van der Waals surface area contributed by atoms with Gasteiger partial charge in [0.1, 0.15) is 5.75 Å². The van der Waals surface area contributed by atoms with Crippen molar-refractivity contribution < 1.29 is 18.3 Å². The number of rotatable bonds is 6. The molecule has 114 valence electrons. The number of aliphatic hydroxyl groups excluding tert-OH is 1. The molecular weight excluding hydrogens is 294 g/mol. The summed E-state index contributed by atoms with van der Waals surface area (Å²) in [6.07, 6.45) is 2.82. The van der Waals surface area contributed by atoms with Crippen molar-refractivity contribution in [2.45, 2.75) is 18.6 Å². The molecule has 0 aliphatic heterocycles. The van der Waals surface area contributed by atoms with Crippen LogP contribution in [-0.4, -0.2) is 29.7 Å². The molecule has 7 nitrogen and oxygen atoms in total. The van der Waals surface area contributed by atoms with Gasteiger partial charge < -0.3 is 14.4 Å². The number of aromatic nitrogens is 2. The minimum Gasteiger partial charge on any atom is -0.494 e. The molecule has 0 aliphatic rings. The van der Waals surface area contributed by atoms with Gasteiger partial charge in [0.25, 0.3) is 10.0 Å². The molecule has 8 heteroatoms. The topological polar surface area (TPSA) is 93.5 Å². The van der Waals surface area contributed by atoms with Gasteiger partial charge in [-0.3, -0.25) is 4.72 Å². The molecule has 0 saturated heterocycles. The van der Waals surface area contributed by atoms with Gasteiger partial charge in [0, 0.05) is 24.5 Å². The lowest BCUT2D eigenvalue weighted by atomic mass is 10.2. The number of benzene rings is 1. The molecular formula is C13H17N3O4S. The van der Waals surface area contributed by atoms with Crippen molar-refractivity contribution >= 4 is 15.7 Å². The Labute approximate surface area is 123 Å². The summed E-state index contributed by atoms with van der Waals surface area (Å²) >= 11 is 0. The lowest BCUT2D eigenvalue weighted by molar-refractivity contribution is 0.267. The van der Waals surface area contributed by atoms with Crippen molar-refractivity contribution in [1.82, 2.24) is 9.55 Å². The quantitative estimate of drug-likeness (QED) is 0.833. The fourth-order valence-electron chi connectivity index (χ4n) is 1.80. The van der Waals surface area contributed by atoms with Crippen LogP contribution in [0.2, 0.25) is 0 Å². The molecule has 0 saturated carbocycles. The maximum absolute atomic E-state index is 12.1. The molecule has 1 heterocycles. The van der Waals surface area contributed by atoms with E-state index in [1.807, 2.05) is 6.92 Å². The Kier molecular flexibility index (Phi) is 4.49. The van der Waals surface area contributed by atoms with Crippen LogP contribution in [0.15, 0.2) is 35.7 Å². The molecule has 0 atom stereocenters. The van der Waals surface area contributed by atoms with Crippen LogP contribution < -0.4 is 9.46 Å². The van der Waals surface area contributed by atoms with Gasteiger partial charge in [0.05, 0.1) is 19.5 Å². The van der Waals surface area contributed by atoms with Crippen molar-refractivity contribution in [3.8, 4) is 5.75 Å². The average Bonchev–Trinajstić information content (AvgIpc) is 2.88. The Morgan fingerprint density at radius 1 is 1.43 bits per heavy atom. The molecule has 2 aromatic rings. The van der Waals surface area contributed by atoms with Gasteiger partial charge in [-0.2, -0.15) is 8.42 Å². The van der Waals surface area contributed by atoms with Crippen molar-refractivity contribution in [1.29, 1.82) is 0 Å². The third-order valence-electron chi connectivity index (χ3n) is 2.74. The first-order valence-electron chi connectivity index (χ1n) is 6.33. The zero-order chi connectivity index (χ0) is 15.5. The molecule has 0 unspecified atom stereocenters. The number of hydrogen-bond acceptors (Lipinski definition) is 5. The van der Waals surface area contributed by atoms with Gasteiger partial charge in [-0.15, -0.1) is 0 Å². The number of aliphatic hydroxyl groups is 1. The summed E-state index contributed by atoms with van der Waals surface area (Å²) in [4.78, 5) is 3.81. The van der Waals surface area contributed by atoms with E-state index in [2.05, 4.69) is 9.71 Å². The summed E-state index contributed by atoms with van der Waals surface area (Å²) in [6.45, 7) is 2.05. The summed E-state index contributed by atoms with van der Waals surface area (Å²) in [7, 11) is -2.06. The molecule has 0 radical (unpaired) electrons. The monoisotopic (exact) mass is 311 g/mol. The lowest BCUT2D eigenvalue weighted by Crippen LogP contribution is -2.13. The third-order valence-corrected chi connectivity index (χ3v) is 4.01. The number of hydrogen-bond donors (Lipinski definition) is 2. The number of aryl methyl sites for hydroxylation is 1. The van der Waals surface area contributed by atoms with Crippen molar-refractivity contribution in [3.63, 3.8) is 0 Å². The third kappa shape index (κ3) is 3.53. The molecule has 0 spiro atoms. The largest absolute Gasteiger partial charge is 0.494 e. The van der Waals surface area contributed by atoms with Crippen LogP contribution in [0.3, 0.4) is 0 Å². The van der Waals surface area contributed by atoms with Crippen LogP contribution >= 0.6 is 0 Å². The minimum absolute atomic E-state index is 0.0653. The average molecular weight is 311 g/mol. The van der Waals surface area contributed by atoms with Gasteiger partial charge in [-0.1, -0.05) is 0 Å². The molecule has 2 rings (SSSR count). The first-order valence-corrected chi connectivity index (χ1v) is 7.82. The van der Waals surface area contributed by atoms with Gasteiger partial charge in [-0.25, -0.2) is 4.98 Å². The van der Waals surface area contributed by atoms with E-state index < -0.39 is 10.0 Å². The molecule has 0 aliphatic carbocycles. The van der Waals surface area contributed by atoms with E-state index >= 15 is 0 Å². The highest BCUT2D eigenvalue weighted by Gasteiger charge is 2.17. The molecule has 2 N–H and O–H groups in total. The Bertz CT molecular complexity index is 725. The SMILES string of the molecule is CCOc1ccc(NS(=O)(=O)c2cn(C)cn2)cc1CO. The van der Waals surface area contributed by atoms with E-state index in [0.29, 0.717) is 23.6 Å². The number of sulfonamides is 1. The predicted molar refractivity (Wildman–Crippen MR) is 77.6 cm³/mol. The van der Waals surface area contributed by atoms with Crippen molar-refractivity contribution in [3.05, 3.63) is 36.3 Å². The smallest absolute Gasteiger partial charge is 0.280 e. The molecule has 1 aromatic carbocycles. The molecule has 1 aromatic heterocycles. The van der Waals surface area contributed by atoms with E-state index in [9.17, 15) is 13.5 Å². The maximum atomic E-state index is 12.1. The van der Waals surface area contributed by atoms with Crippen LogP contribution in [0, 0.1) is 0 Å². The molecule has 0 bridgehead atoms. The Balaban J connectivity index is 2.27. The zero-order valence-electron chi connectivity index (χ0n) is 11.8. The molecule has 0 fully saturated rings. The van der Waals surface area contributed by atoms with Gasteiger partial charge in [-0.05, 0) is 25.1 Å². The number of imidazole rings is 1. The Morgan fingerprint density at radius 3 is 2.76 bits per heavy atom. The summed E-state index contributed by atoms with van der Waals surface area (Å²) in [6, 6.07) is 4.72. The van der Waals surface area contributed by atoms with E-state index in [4.69, 9.17) is 4.74 Å². The normalized spacial score (nSPS) is 11.4. The zero-order valence-corrected chi connectivity index (χ0v) is 12.6. The summed E-state index contributed by atoms with van der Waals surface area (Å²) in [5.74, 6) is 0.529. The highest BCUT2D eigenvalue weighted by Crippen LogP contribution is 2.24. The lowest BCUT2D eigenvalue weighted by Gasteiger charge is -2.11. The second-order valence-corrected chi connectivity index (χ2v) is 6.03. The van der Waals surface area contributed by atoms with Crippen LogP contribution in [0.25, 0.3) is 0 Å². The number of ether oxygens (including phenoxy) is 1. The fraction of sp³-hybridized carbons (Fsp3) is 0.308. The second kappa shape index (κ2) is 6.15. The number of nitrogens with one attached hydrogen (secondary N) is 1. The standard InChI is InChI=1S/C13H17N3O4S/c1-3-20-12-5-4-11(6-10(12)8-17)15-21(18,19)13-7-16(2)9-14-13/h4-7,9,15,17H,3,8H2,1-2H3. The molecule has 21 heavy (non-hydrogen) atoms. The van der Waals surface area contributed by atoms with Gasteiger partial charge in [0.2, 0.25) is 0 Å². The maximum Gasteiger partial charge on any atom is 0.280 e. The summed E-state index contributed by atoms with van der Waals surface area (Å²) < 4.78 is 33.6. The molecule has 0 amide bonds. The highest BCUT2D eigenvalue weighted by atomic mass is 32.2. The van der Waals surface area contributed by atoms with Crippen LogP contribution in [0.4, 0.5) is 5.69 Å². The fourth-order valence-corrected chi connectivity index (χ4v) is 2.83. The van der Waals surface area contributed by atoms with Crippen LogP contribution in [0.5, 0.6) is 5.75 Å². The minimum atomic E-state index is -3.75. The van der Waals surface area contributed by atoms with E-state index in [-0.39, 0.29) is 11.6 Å². The first kappa shape index (κ1) is 15.3. The summed E-state index contributed by atoms with van der Waals surface area (Å²) in [5.41, 5.74) is 0.853. The van der Waals surface area contributed by atoms with E-state index in [0.717, 1.165) is 0 Å². The Hall–Kier alpha value is -2.06. The van der Waals surface area contributed by atoms with Crippen LogP contribution in [0.1, 0.15) is 12.5 Å². The van der Waals surface area contributed by atoms with E-state index in [1.54, 1.807) is 23.7 Å². The summed E-state index contributed by atoms with van der Waals surface area (Å²) in [5, 5.41) is 9.25. The second-order valence-electron chi connectivity index (χ2n) is 4.40. The van der Waals surface area contributed by atoms with Crippen molar-refractivity contribution in [2.24, 2.45) is 7.05 Å². The number of anilines is 1. The highest BCUT2D eigenvalue weighted by molar-refractivity contribution is 7.92. The first-order chi connectivity index (χ1) is 9.96.